The summed E-state index contributed by atoms with van der Waals surface area (Å²) in [6.07, 6.45) is 6.39. The smallest absolute Gasteiger partial charge is 0.263 e. The van der Waals surface area contributed by atoms with Gasteiger partial charge in [0, 0.05) is 18.0 Å². The van der Waals surface area contributed by atoms with Crippen LogP contribution in [-0.4, -0.2) is 43.8 Å². The zero-order chi connectivity index (χ0) is 15.0. The van der Waals surface area contributed by atoms with E-state index in [0.717, 1.165) is 17.7 Å². The highest BCUT2D eigenvalue weighted by atomic mass is 32.2. The normalized spacial score (nSPS) is 24.3. The monoisotopic (exact) mass is 327 g/mol. The second kappa shape index (κ2) is 5.72. The molecular weight excluding hydrogens is 306 g/mol. The third-order valence-electron chi connectivity index (χ3n) is 4.53. The number of sulfone groups is 1. The van der Waals surface area contributed by atoms with Crippen LogP contribution >= 0.6 is 11.3 Å². The van der Waals surface area contributed by atoms with Crippen molar-refractivity contribution in [1.82, 2.24) is 4.90 Å². The molecule has 0 saturated carbocycles. The molecule has 21 heavy (non-hydrogen) atoms. The molecule has 2 aliphatic rings. The van der Waals surface area contributed by atoms with Gasteiger partial charge in [-0.15, -0.1) is 11.3 Å². The van der Waals surface area contributed by atoms with E-state index in [1.165, 1.54) is 29.7 Å². The molecule has 1 aromatic rings. The Labute approximate surface area is 130 Å². The SMILES string of the molecule is CN(C(=O)c1cc2c(s1)CCCCC2)[C@@H]1CCS(=O)(=O)C1. The van der Waals surface area contributed by atoms with Gasteiger partial charge in [0.15, 0.2) is 9.84 Å². The Kier molecular flexibility index (Phi) is 4.10. The van der Waals surface area contributed by atoms with Crippen molar-refractivity contribution in [3.8, 4) is 0 Å². The summed E-state index contributed by atoms with van der Waals surface area (Å²) in [6.45, 7) is 0. The molecule has 116 valence electrons. The Bertz CT molecular complexity index is 624. The minimum Gasteiger partial charge on any atom is -0.337 e. The van der Waals surface area contributed by atoms with Crippen molar-refractivity contribution in [2.45, 2.75) is 44.6 Å². The lowest BCUT2D eigenvalue weighted by atomic mass is 10.1. The molecule has 1 aromatic heterocycles. The Balaban J connectivity index is 1.76. The number of carbonyl (C=O) groups excluding carboxylic acids is 1. The van der Waals surface area contributed by atoms with Gasteiger partial charge in [-0.2, -0.15) is 0 Å². The molecule has 0 N–H and O–H groups in total. The molecule has 0 spiro atoms. The fourth-order valence-corrected chi connectivity index (χ4v) is 6.20. The zero-order valence-corrected chi connectivity index (χ0v) is 13.9. The quantitative estimate of drug-likeness (QED) is 0.783. The molecule has 0 aromatic carbocycles. The minimum absolute atomic E-state index is 0.0184. The number of hydrogen-bond donors (Lipinski definition) is 0. The van der Waals surface area contributed by atoms with Crippen LogP contribution in [0.25, 0.3) is 0 Å². The van der Waals surface area contributed by atoms with Crippen LogP contribution in [0.2, 0.25) is 0 Å². The number of amides is 1. The molecule has 2 heterocycles. The lowest BCUT2D eigenvalue weighted by Gasteiger charge is -2.22. The van der Waals surface area contributed by atoms with E-state index in [1.54, 1.807) is 23.3 Å². The summed E-state index contributed by atoms with van der Waals surface area (Å²) in [6, 6.07) is 1.87. The topological polar surface area (TPSA) is 54.5 Å². The highest BCUT2D eigenvalue weighted by Crippen LogP contribution is 2.30. The van der Waals surface area contributed by atoms with E-state index < -0.39 is 9.84 Å². The lowest BCUT2D eigenvalue weighted by Crippen LogP contribution is -2.37. The molecule has 1 aliphatic carbocycles. The van der Waals surface area contributed by atoms with E-state index >= 15 is 0 Å². The van der Waals surface area contributed by atoms with E-state index in [9.17, 15) is 13.2 Å². The van der Waals surface area contributed by atoms with Gasteiger partial charge in [0.2, 0.25) is 0 Å². The third kappa shape index (κ3) is 3.16. The van der Waals surface area contributed by atoms with Crippen molar-refractivity contribution in [3.05, 3.63) is 21.4 Å². The van der Waals surface area contributed by atoms with Crippen LogP contribution in [0.1, 0.15) is 45.8 Å². The molecule has 0 bridgehead atoms. The van der Waals surface area contributed by atoms with Gasteiger partial charge in [-0.25, -0.2) is 8.42 Å². The molecule has 0 radical (unpaired) electrons. The second-order valence-corrected chi connectivity index (χ2v) is 9.46. The maximum absolute atomic E-state index is 12.6. The van der Waals surface area contributed by atoms with Gasteiger partial charge in [0.25, 0.3) is 5.91 Å². The molecule has 1 amide bonds. The zero-order valence-electron chi connectivity index (χ0n) is 12.3. The van der Waals surface area contributed by atoms with Crippen LogP contribution in [0.15, 0.2) is 6.07 Å². The van der Waals surface area contributed by atoms with E-state index in [-0.39, 0.29) is 23.5 Å². The van der Waals surface area contributed by atoms with Crippen molar-refractivity contribution < 1.29 is 13.2 Å². The van der Waals surface area contributed by atoms with Gasteiger partial charge in [-0.05, 0) is 43.7 Å². The summed E-state index contributed by atoms with van der Waals surface area (Å²) in [5, 5.41) is 0. The van der Waals surface area contributed by atoms with E-state index in [1.807, 2.05) is 6.07 Å². The summed E-state index contributed by atoms with van der Waals surface area (Å²) in [5.74, 6) is 0.298. The van der Waals surface area contributed by atoms with Crippen LogP contribution in [0.3, 0.4) is 0 Å². The van der Waals surface area contributed by atoms with Crippen molar-refractivity contribution in [3.63, 3.8) is 0 Å². The molecule has 1 saturated heterocycles. The Hall–Kier alpha value is -0.880. The van der Waals surface area contributed by atoms with E-state index in [2.05, 4.69) is 0 Å². The first-order valence-electron chi connectivity index (χ1n) is 7.55. The summed E-state index contributed by atoms with van der Waals surface area (Å²) < 4.78 is 23.1. The van der Waals surface area contributed by atoms with Crippen LogP contribution < -0.4 is 0 Å². The number of hydrogen-bond acceptors (Lipinski definition) is 4. The maximum Gasteiger partial charge on any atom is 0.263 e. The number of fused-ring (bicyclic) bond motifs is 1. The maximum atomic E-state index is 12.6. The molecule has 1 atom stereocenters. The number of thiophene rings is 1. The van der Waals surface area contributed by atoms with Gasteiger partial charge in [-0.1, -0.05) is 6.42 Å². The Morgan fingerprint density at radius 2 is 2.05 bits per heavy atom. The standard InChI is InChI=1S/C15H21NO3S2/c1-16(12-7-8-21(18,19)10-12)15(17)14-9-11-5-3-2-4-6-13(11)20-14/h9,12H,2-8,10H2,1H3/t12-/m1/s1. The fraction of sp³-hybridized carbons (Fsp3) is 0.667. The van der Waals surface area contributed by atoms with Gasteiger partial charge in [-0.3, -0.25) is 4.79 Å². The highest BCUT2D eigenvalue weighted by Gasteiger charge is 2.33. The average Bonchev–Trinajstić information content (AvgIpc) is 2.94. The number of aryl methyl sites for hydroxylation is 2. The number of nitrogens with zero attached hydrogens (tertiary/aromatic N) is 1. The molecule has 1 aliphatic heterocycles. The first kappa shape index (κ1) is 15.0. The number of carbonyl (C=O) groups is 1. The Morgan fingerprint density at radius 3 is 2.76 bits per heavy atom. The van der Waals surface area contributed by atoms with Crippen molar-refractivity contribution in [2.24, 2.45) is 0 Å². The molecule has 6 heteroatoms. The lowest BCUT2D eigenvalue weighted by molar-refractivity contribution is 0.0752. The van der Waals surface area contributed by atoms with Crippen LogP contribution in [0.5, 0.6) is 0 Å². The van der Waals surface area contributed by atoms with Gasteiger partial charge < -0.3 is 4.90 Å². The Morgan fingerprint density at radius 1 is 1.29 bits per heavy atom. The van der Waals surface area contributed by atoms with Crippen molar-refractivity contribution in [1.29, 1.82) is 0 Å². The second-order valence-electron chi connectivity index (χ2n) is 6.09. The predicted octanol–water partition coefficient (Wildman–Crippen LogP) is 2.28. The average molecular weight is 327 g/mol. The largest absolute Gasteiger partial charge is 0.337 e. The molecule has 0 unspecified atom stereocenters. The summed E-state index contributed by atoms with van der Waals surface area (Å²) in [4.78, 5) is 16.3. The molecular formula is C15H21NO3S2. The summed E-state index contributed by atoms with van der Waals surface area (Å²) in [7, 11) is -1.22. The third-order valence-corrected chi connectivity index (χ3v) is 7.51. The number of rotatable bonds is 2. The van der Waals surface area contributed by atoms with Gasteiger partial charge in [0.05, 0.1) is 16.4 Å². The fourth-order valence-electron chi connectivity index (χ4n) is 3.19. The first-order valence-corrected chi connectivity index (χ1v) is 10.2. The van der Waals surface area contributed by atoms with Crippen LogP contribution in [0.4, 0.5) is 0 Å². The van der Waals surface area contributed by atoms with Crippen LogP contribution in [0, 0.1) is 0 Å². The van der Waals surface area contributed by atoms with Gasteiger partial charge >= 0.3 is 0 Å². The van der Waals surface area contributed by atoms with Gasteiger partial charge in [0.1, 0.15) is 0 Å². The highest BCUT2D eigenvalue weighted by molar-refractivity contribution is 7.91. The predicted molar refractivity (Wildman–Crippen MR) is 84.7 cm³/mol. The summed E-state index contributed by atoms with van der Waals surface area (Å²) in [5.41, 5.74) is 1.33. The van der Waals surface area contributed by atoms with Crippen molar-refractivity contribution in [2.75, 3.05) is 18.6 Å². The van der Waals surface area contributed by atoms with E-state index in [4.69, 9.17) is 0 Å². The summed E-state index contributed by atoms with van der Waals surface area (Å²) >= 11 is 1.60. The molecule has 1 fully saturated rings. The first-order chi connectivity index (χ1) is 9.96. The van der Waals surface area contributed by atoms with Crippen LogP contribution in [-0.2, 0) is 22.7 Å². The minimum atomic E-state index is -2.95. The molecule has 3 rings (SSSR count). The van der Waals surface area contributed by atoms with Crippen molar-refractivity contribution >= 4 is 27.1 Å². The van der Waals surface area contributed by atoms with E-state index in [0.29, 0.717) is 6.42 Å². The molecule has 4 nitrogen and oxygen atoms in total.